The van der Waals surface area contributed by atoms with E-state index in [-0.39, 0.29) is 23.8 Å². The van der Waals surface area contributed by atoms with E-state index >= 15 is 0 Å². The Labute approximate surface area is 192 Å². The van der Waals surface area contributed by atoms with Gasteiger partial charge in [0.05, 0.1) is 18.0 Å². The summed E-state index contributed by atoms with van der Waals surface area (Å²) < 4.78 is 8.14. The van der Waals surface area contributed by atoms with Crippen LogP contribution in [0.4, 0.5) is 21.9 Å². The number of hydrogen-bond donors (Lipinski definition) is 3. The molecule has 9 heteroatoms. The minimum Gasteiger partial charge on any atom is -0.450 e. The van der Waals surface area contributed by atoms with Crippen LogP contribution in [0.3, 0.4) is 0 Å². The van der Waals surface area contributed by atoms with Gasteiger partial charge in [-0.25, -0.2) is 9.48 Å². The number of carbonyl (C=O) groups excluding carboxylic acids is 2. The number of amides is 2. The Morgan fingerprint density at radius 2 is 1.67 bits per heavy atom. The van der Waals surface area contributed by atoms with Gasteiger partial charge in [0.25, 0.3) is 5.56 Å². The van der Waals surface area contributed by atoms with Crippen LogP contribution in [-0.4, -0.2) is 34.0 Å². The van der Waals surface area contributed by atoms with Crippen LogP contribution in [-0.2, 0) is 16.6 Å². The zero-order chi connectivity index (χ0) is 24.1. The van der Waals surface area contributed by atoms with Crippen LogP contribution in [0.5, 0.6) is 0 Å². The molecule has 0 radical (unpaired) electrons. The molecular formula is C24H29N5O4. The number of nitrogens with one attached hydrogen (secondary N) is 3. The summed E-state index contributed by atoms with van der Waals surface area (Å²) >= 11 is 0. The fourth-order valence-corrected chi connectivity index (χ4v) is 3.45. The van der Waals surface area contributed by atoms with Gasteiger partial charge >= 0.3 is 6.09 Å². The molecular weight excluding hydrogens is 422 g/mol. The second kappa shape index (κ2) is 10.1. The van der Waals surface area contributed by atoms with Crippen LogP contribution in [0.25, 0.3) is 5.69 Å². The molecule has 0 saturated heterocycles. The van der Waals surface area contributed by atoms with E-state index in [9.17, 15) is 14.4 Å². The summed E-state index contributed by atoms with van der Waals surface area (Å²) in [5.41, 5.74) is 3.29. The Kier molecular flexibility index (Phi) is 7.22. The number of anilines is 3. The minimum absolute atomic E-state index is 0.231. The van der Waals surface area contributed by atoms with Crippen molar-refractivity contribution in [1.82, 2.24) is 9.36 Å². The Morgan fingerprint density at radius 1 is 1.00 bits per heavy atom. The lowest BCUT2D eigenvalue weighted by Gasteiger charge is -2.18. The Balaban J connectivity index is 1.78. The Morgan fingerprint density at radius 3 is 2.33 bits per heavy atom. The average molecular weight is 452 g/mol. The van der Waals surface area contributed by atoms with Gasteiger partial charge in [-0.2, -0.15) is 0 Å². The first kappa shape index (κ1) is 23.6. The molecule has 174 valence electrons. The minimum atomic E-state index is -0.647. The van der Waals surface area contributed by atoms with Crippen molar-refractivity contribution in [2.45, 2.75) is 33.7 Å². The van der Waals surface area contributed by atoms with Crippen molar-refractivity contribution >= 4 is 29.1 Å². The lowest BCUT2D eigenvalue weighted by atomic mass is 10.1. The Hall–Kier alpha value is -4.01. The maximum Gasteiger partial charge on any atom is 0.411 e. The molecule has 1 heterocycles. The molecule has 2 aromatic carbocycles. The van der Waals surface area contributed by atoms with Gasteiger partial charge in [-0.15, -0.1) is 0 Å². The van der Waals surface area contributed by atoms with E-state index in [1.807, 2.05) is 43.3 Å². The van der Waals surface area contributed by atoms with E-state index in [4.69, 9.17) is 4.74 Å². The van der Waals surface area contributed by atoms with Crippen LogP contribution >= 0.6 is 0 Å². The van der Waals surface area contributed by atoms with Gasteiger partial charge in [0, 0.05) is 18.4 Å². The van der Waals surface area contributed by atoms with Crippen molar-refractivity contribution in [3.63, 3.8) is 0 Å². The van der Waals surface area contributed by atoms with Crippen LogP contribution in [0.2, 0.25) is 0 Å². The third kappa shape index (κ3) is 5.08. The molecule has 3 aromatic rings. The van der Waals surface area contributed by atoms with E-state index in [1.165, 1.54) is 4.68 Å². The number of ether oxygens (including phenoxy) is 1. The van der Waals surface area contributed by atoms with Crippen LogP contribution in [0, 0.1) is 13.8 Å². The molecule has 0 aliphatic rings. The first-order valence-corrected chi connectivity index (χ1v) is 10.7. The molecule has 9 nitrogen and oxygen atoms in total. The van der Waals surface area contributed by atoms with Crippen molar-refractivity contribution in [3.05, 3.63) is 70.1 Å². The zero-order valence-corrected chi connectivity index (χ0v) is 19.4. The molecule has 1 atom stereocenters. The third-order valence-corrected chi connectivity index (χ3v) is 5.41. The fraction of sp³-hybridized carbons (Fsp3) is 0.292. The van der Waals surface area contributed by atoms with Crippen LogP contribution < -0.4 is 21.5 Å². The van der Waals surface area contributed by atoms with E-state index < -0.39 is 12.1 Å². The number of carbonyl (C=O) groups is 2. The molecule has 1 unspecified atom stereocenters. The number of hydrogen-bond acceptors (Lipinski definition) is 5. The lowest BCUT2D eigenvalue weighted by Crippen LogP contribution is -2.34. The van der Waals surface area contributed by atoms with E-state index in [2.05, 4.69) is 16.0 Å². The molecule has 33 heavy (non-hydrogen) atoms. The molecule has 0 bridgehead atoms. The summed E-state index contributed by atoms with van der Waals surface area (Å²) in [6.45, 7) is 7.31. The van der Waals surface area contributed by atoms with Crippen molar-refractivity contribution in [2.75, 3.05) is 22.6 Å². The predicted octanol–water partition coefficient (Wildman–Crippen LogP) is 3.80. The number of nitrogens with zero attached hydrogens (tertiary/aromatic N) is 2. The van der Waals surface area contributed by atoms with Crippen molar-refractivity contribution < 1.29 is 14.3 Å². The van der Waals surface area contributed by atoms with Gasteiger partial charge in [0.15, 0.2) is 0 Å². The van der Waals surface area contributed by atoms with Gasteiger partial charge in [0.1, 0.15) is 11.7 Å². The highest BCUT2D eigenvalue weighted by Gasteiger charge is 2.21. The summed E-state index contributed by atoms with van der Waals surface area (Å²) in [4.78, 5) is 37.7. The number of rotatable bonds is 7. The largest absolute Gasteiger partial charge is 0.450 e. The van der Waals surface area contributed by atoms with Crippen molar-refractivity contribution in [1.29, 1.82) is 0 Å². The lowest BCUT2D eigenvalue weighted by molar-refractivity contribution is -0.116. The first-order valence-electron chi connectivity index (χ1n) is 10.7. The average Bonchev–Trinajstić information content (AvgIpc) is 3.00. The number of benzene rings is 2. The van der Waals surface area contributed by atoms with Gasteiger partial charge in [-0.05, 0) is 57.5 Å². The smallest absolute Gasteiger partial charge is 0.411 e. The molecule has 3 rings (SSSR count). The highest BCUT2D eigenvalue weighted by atomic mass is 16.5. The van der Waals surface area contributed by atoms with Gasteiger partial charge in [0.2, 0.25) is 5.91 Å². The molecule has 0 aliphatic heterocycles. The standard InChI is InChI=1S/C24H29N5O4/c1-6-33-24(32)26-20-14-10-13-19(15(20)2)25-16(3)22(30)27-21-17(4)28(5)29(23(21)31)18-11-8-7-9-12-18/h7-14,16,25H,6H2,1-5H3,(H,26,32)(H,27,30). The maximum atomic E-state index is 13.0. The summed E-state index contributed by atoms with van der Waals surface area (Å²) in [5, 5.41) is 8.60. The first-order chi connectivity index (χ1) is 15.7. The summed E-state index contributed by atoms with van der Waals surface area (Å²) in [7, 11) is 1.77. The maximum absolute atomic E-state index is 13.0. The van der Waals surface area contributed by atoms with Crippen molar-refractivity contribution in [3.8, 4) is 5.69 Å². The number of para-hydroxylation sites is 1. The molecule has 0 saturated carbocycles. The topological polar surface area (TPSA) is 106 Å². The van der Waals surface area contributed by atoms with Crippen LogP contribution in [0.15, 0.2) is 53.3 Å². The van der Waals surface area contributed by atoms with E-state index in [0.717, 1.165) is 5.56 Å². The summed E-state index contributed by atoms with van der Waals surface area (Å²) in [6.07, 6.45) is -0.544. The third-order valence-electron chi connectivity index (χ3n) is 5.41. The highest BCUT2D eigenvalue weighted by Crippen LogP contribution is 2.24. The molecule has 0 spiro atoms. The van der Waals surface area contributed by atoms with Gasteiger partial charge < -0.3 is 15.4 Å². The monoisotopic (exact) mass is 451 g/mol. The zero-order valence-electron chi connectivity index (χ0n) is 19.4. The number of aromatic nitrogens is 2. The molecule has 1 aromatic heterocycles. The van der Waals surface area contributed by atoms with Gasteiger partial charge in [-0.1, -0.05) is 24.3 Å². The van der Waals surface area contributed by atoms with Crippen LogP contribution in [0.1, 0.15) is 25.1 Å². The SMILES string of the molecule is CCOC(=O)Nc1cccc(NC(C)C(=O)Nc2c(C)n(C)n(-c3ccccc3)c2=O)c1C. The molecule has 0 fully saturated rings. The quantitative estimate of drug-likeness (QED) is 0.507. The second-order valence-electron chi connectivity index (χ2n) is 7.62. The second-order valence-corrected chi connectivity index (χ2v) is 7.62. The highest BCUT2D eigenvalue weighted by molar-refractivity contribution is 5.97. The molecule has 0 aliphatic carbocycles. The van der Waals surface area contributed by atoms with E-state index in [1.54, 1.807) is 44.6 Å². The fourth-order valence-electron chi connectivity index (χ4n) is 3.45. The van der Waals surface area contributed by atoms with E-state index in [0.29, 0.717) is 22.8 Å². The normalized spacial score (nSPS) is 11.5. The molecule has 2 amide bonds. The van der Waals surface area contributed by atoms with Crippen molar-refractivity contribution in [2.24, 2.45) is 7.05 Å². The summed E-state index contributed by atoms with van der Waals surface area (Å²) in [5.74, 6) is -0.357. The summed E-state index contributed by atoms with van der Waals surface area (Å²) in [6, 6.07) is 13.9. The Bertz CT molecular complexity index is 1210. The predicted molar refractivity (Wildman–Crippen MR) is 129 cm³/mol. The molecule has 3 N–H and O–H groups in total. The van der Waals surface area contributed by atoms with Gasteiger partial charge in [-0.3, -0.25) is 19.6 Å².